The van der Waals surface area contributed by atoms with E-state index in [0.29, 0.717) is 12.1 Å². The minimum atomic E-state index is -0.273. The first-order valence-electron chi connectivity index (χ1n) is 9.72. The van der Waals surface area contributed by atoms with Gasteiger partial charge in [-0.25, -0.2) is 4.79 Å². The van der Waals surface area contributed by atoms with Crippen LogP contribution in [0.15, 0.2) is 56.1 Å². The maximum absolute atomic E-state index is 12.1. The van der Waals surface area contributed by atoms with Gasteiger partial charge in [-0.15, -0.1) is 0 Å². The zero-order chi connectivity index (χ0) is 19.5. The molecule has 6 nitrogen and oxygen atoms in total. The lowest BCUT2D eigenvalue weighted by molar-refractivity contribution is 0.251. The van der Waals surface area contributed by atoms with Crippen LogP contribution in [0.4, 0.5) is 11.4 Å². The van der Waals surface area contributed by atoms with Gasteiger partial charge < -0.3 is 15.1 Å². The highest BCUT2D eigenvalue weighted by Gasteiger charge is 2.17. The van der Waals surface area contributed by atoms with Crippen molar-refractivity contribution >= 4 is 38.4 Å². The van der Waals surface area contributed by atoms with Gasteiger partial charge in [0.2, 0.25) is 0 Å². The summed E-state index contributed by atoms with van der Waals surface area (Å²) in [5.74, 6) is -0.273. The van der Waals surface area contributed by atoms with Crippen molar-refractivity contribution in [1.29, 1.82) is 0 Å². The number of nitrogens with zero attached hydrogens (tertiary/aromatic N) is 3. The molecule has 2 heterocycles. The Labute approximate surface area is 172 Å². The molecule has 0 radical (unpaired) electrons. The summed E-state index contributed by atoms with van der Waals surface area (Å²) in [6, 6.07) is 13.8. The number of fused-ring (bicyclic) bond motifs is 1. The summed E-state index contributed by atoms with van der Waals surface area (Å²) in [6.45, 7) is 5.94. The van der Waals surface area contributed by atoms with Gasteiger partial charge in [0.15, 0.2) is 5.58 Å². The summed E-state index contributed by atoms with van der Waals surface area (Å²) in [7, 11) is 0. The first-order chi connectivity index (χ1) is 13.6. The maximum atomic E-state index is 12.1. The topological polar surface area (TPSA) is 67.6 Å². The molecule has 0 unspecified atom stereocenters. The zero-order valence-electron chi connectivity index (χ0n) is 15.8. The summed E-state index contributed by atoms with van der Waals surface area (Å²) in [5.41, 5.74) is 9.32. The average molecular weight is 445 g/mol. The minimum absolute atomic E-state index is 0.273. The van der Waals surface area contributed by atoms with Crippen LogP contribution in [0.2, 0.25) is 0 Å². The highest BCUT2D eigenvalue weighted by atomic mass is 79.9. The number of hydrogen-bond acceptors (Lipinski definition) is 5. The smallest absolute Gasteiger partial charge is 0.408 e. The molecule has 2 aromatic carbocycles. The van der Waals surface area contributed by atoms with Gasteiger partial charge in [0.25, 0.3) is 0 Å². The van der Waals surface area contributed by atoms with E-state index >= 15 is 0 Å². The van der Waals surface area contributed by atoms with Crippen molar-refractivity contribution < 1.29 is 4.42 Å². The molecule has 2 N–H and O–H groups in total. The second-order valence-electron chi connectivity index (χ2n) is 7.26. The summed E-state index contributed by atoms with van der Waals surface area (Å²) in [6.07, 6.45) is 2.03. The standard InChI is InChI=1S/C21H25BrN4O2/c22-16-3-8-19-20(15-16)28-21(27)26(19)10-2-1-9-24-11-13-25(14-12-24)18-6-4-17(23)5-7-18/h3-8,15H,1-2,9-14,23H2. The Morgan fingerprint density at radius 1 is 0.964 bits per heavy atom. The molecule has 0 aliphatic carbocycles. The summed E-state index contributed by atoms with van der Waals surface area (Å²) < 4.78 is 7.99. The molecule has 1 aliphatic rings. The third-order valence-corrected chi connectivity index (χ3v) is 5.86. The minimum Gasteiger partial charge on any atom is -0.408 e. The molecule has 0 saturated carbocycles. The fraction of sp³-hybridized carbons (Fsp3) is 0.381. The van der Waals surface area contributed by atoms with Crippen LogP contribution < -0.4 is 16.4 Å². The van der Waals surface area contributed by atoms with Crippen LogP contribution in [0, 0.1) is 0 Å². The van der Waals surface area contributed by atoms with Gasteiger partial charge in [-0.2, -0.15) is 0 Å². The van der Waals surface area contributed by atoms with Crippen molar-refractivity contribution in [3.8, 4) is 0 Å². The highest BCUT2D eigenvalue weighted by Crippen LogP contribution is 2.20. The normalized spacial score (nSPS) is 15.4. The molecule has 7 heteroatoms. The van der Waals surface area contributed by atoms with Crippen LogP contribution >= 0.6 is 15.9 Å². The molecule has 148 valence electrons. The molecule has 0 spiro atoms. The first kappa shape index (κ1) is 19.1. The Bertz CT molecular complexity index is 988. The number of piperazine rings is 1. The summed E-state index contributed by atoms with van der Waals surface area (Å²) in [4.78, 5) is 17.0. The molecule has 28 heavy (non-hydrogen) atoms. The van der Waals surface area contributed by atoms with E-state index < -0.39 is 0 Å². The first-order valence-corrected chi connectivity index (χ1v) is 10.5. The SMILES string of the molecule is Nc1ccc(N2CCN(CCCCn3c(=O)oc4cc(Br)ccc43)CC2)cc1. The molecule has 0 atom stereocenters. The van der Waals surface area contributed by atoms with Crippen LogP contribution in [0.1, 0.15) is 12.8 Å². The average Bonchev–Trinajstić information content (AvgIpc) is 3.00. The van der Waals surface area contributed by atoms with Crippen LogP contribution in [0.25, 0.3) is 11.1 Å². The number of unbranched alkanes of at least 4 members (excludes halogenated alkanes) is 1. The van der Waals surface area contributed by atoms with Crippen molar-refractivity contribution in [1.82, 2.24) is 9.47 Å². The van der Waals surface area contributed by atoms with E-state index in [9.17, 15) is 4.79 Å². The van der Waals surface area contributed by atoms with Crippen molar-refractivity contribution in [2.75, 3.05) is 43.4 Å². The number of aromatic nitrogens is 1. The zero-order valence-corrected chi connectivity index (χ0v) is 17.4. The molecular formula is C21H25BrN4O2. The molecule has 0 amide bonds. The molecule has 1 aromatic heterocycles. The molecule has 0 bridgehead atoms. The van der Waals surface area contributed by atoms with E-state index in [-0.39, 0.29) is 5.76 Å². The number of benzene rings is 2. The lowest BCUT2D eigenvalue weighted by atomic mass is 10.2. The van der Waals surface area contributed by atoms with E-state index in [4.69, 9.17) is 10.2 Å². The Morgan fingerprint density at radius 3 is 2.43 bits per heavy atom. The van der Waals surface area contributed by atoms with Gasteiger partial charge in [-0.3, -0.25) is 9.47 Å². The summed E-state index contributed by atoms with van der Waals surface area (Å²) >= 11 is 3.41. The highest BCUT2D eigenvalue weighted by molar-refractivity contribution is 9.10. The van der Waals surface area contributed by atoms with Crippen molar-refractivity contribution in [2.45, 2.75) is 19.4 Å². The fourth-order valence-electron chi connectivity index (χ4n) is 3.77. The molecular weight excluding hydrogens is 420 g/mol. The van der Waals surface area contributed by atoms with Gasteiger partial charge in [0, 0.05) is 48.6 Å². The van der Waals surface area contributed by atoms with E-state index in [1.165, 1.54) is 5.69 Å². The Kier molecular flexibility index (Phi) is 5.73. The Morgan fingerprint density at radius 2 is 1.68 bits per heavy atom. The van der Waals surface area contributed by atoms with E-state index in [0.717, 1.165) is 61.2 Å². The van der Waals surface area contributed by atoms with Crippen LogP contribution in [-0.2, 0) is 6.54 Å². The largest absolute Gasteiger partial charge is 0.419 e. The maximum Gasteiger partial charge on any atom is 0.419 e. The fourth-order valence-corrected chi connectivity index (χ4v) is 4.11. The number of nitrogen functional groups attached to an aromatic ring is 1. The number of nitrogens with two attached hydrogens (primary N) is 1. The van der Waals surface area contributed by atoms with Gasteiger partial charge in [-0.05, 0) is 61.9 Å². The molecule has 1 fully saturated rings. The number of oxazole rings is 1. The van der Waals surface area contributed by atoms with Crippen LogP contribution in [0.5, 0.6) is 0 Å². The number of hydrogen-bond donors (Lipinski definition) is 1. The predicted molar refractivity (Wildman–Crippen MR) is 117 cm³/mol. The second kappa shape index (κ2) is 8.41. The van der Waals surface area contributed by atoms with Crippen LogP contribution in [-0.4, -0.2) is 42.2 Å². The lowest BCUT2D eigenvalue weighted by Crippen LogP contribution is -2.46. The third-order valence-electron chi connectivity index (χ3n) is 5.37. The number of anilines is 2. The molecule has 1 aliphatic heterocycles. The van der Waals surface area contributed by atoms with Crippen LogP contribution in [0.3, 0.4) is 0 Å². The monoisotopic (exact) mass is 444 g/mol. The van der Waals surface area contributed by atoms with E-state index in [2.05, 4.69) is 37.9 Å². The Hall–Kier alpha value is -2.25. The van der Waals surface area contributed by atoms with E-state index in [1.54, 1.807) is 4.57 Å². The predicted octanol–water partition coefficient (Wildman–Crippen LogP) is 3.54. The third kappa shape index (κ3) is 4.25. The van der Waals surface area contributed by atoms with Crippen molar-refractivity contribution in [2.24, 2.45) is 0 Å². The van der Waals surface area contributed by atoms with Gasteiger partial charge >= 0.3 is 5.76 Å². The van der Waals surface area contributed by atoms with Gasteiger partial charge in [0.1, 0.15) is 0 Å². The second-order valence-corrected chi connectivity index (χ2v) is 8.17. The number of aryl methyl sites for hydroxylation is 1. The van der Waals surface area contributed by atoms with E-state index in [1.807, 2.05) is 30.3 Å². The lowest BCUT2D eigenvalue weighted by Gasteiger charge is -2.36. The molecule has 3 aromatic rings. The summed E-state index contributed by atoms with van der Waals surface area (Å²) in [5, 5.41) is 0. The van der Waals surface area contributed by atoms with Gasteiger partial charge in [0.05, 0.1) is 5.52 Å². The van der Waals surface area contributed by atoms with Crippen molar-refractivity contribution in [3.05, 3.63) is 57.5 Å². The number of rotatable bonds is 6. The molecule has 1 saturated heterocycles. The van der Waals surface area contributed by atoms with Gasteiger partial charge in [-0.1, -0.05) is 15.9 Å². The molecule has 4 rings (SSSR count). The van der Waals surface area contributed by atoms with Crippen molar-refractivity contribution in [3.63, 3.8) is 0 Å². The number of halogens is 1. The quantitative estimate of drug-likeness (QED) is 0.465. The Balaban J connectivity index is 1.24.